The summed E-state index contributed by atoms with van der Waals surface area (Å²) in [6.45, 7) is 4.20. The van der Waals surface area contributed by atoms with Crippen LogP contribution in [0.15, 0.2) is 65.3 Å². The number of hydrogen-bond donors (Lipinski definition) is 2. The number of amides is 3. The summed E-state index contributed by atoms with van der Waals surface area (Å²) in [5, 5.41) is 5.62. The maximum atomic E-state index is 13.8. The fourth-order valence-corrected chi connectivity index (χ4v) is 3.46. The monoisotopic (exact) mass is 452 g/mol. The van der Waals surface area contributed by atoms with Gasteiger partial charge in [-0.3, -0.25) is 4.79 Å². The first kappa shape index (κ1) is 23.8. The van der Waals surface area contributed by atoms with Gasteiger partial charge >= 0.3 is 6.03 Å². The predicted octanol–water partition coefficient (Wildman–Crippen LogP) is 4.86. The summed E-state index contributed by atoms with van der Waals surface area (Å²) in [6, 6.07) is 14.4. The molecular weight excluding hydrogens is 423 g/mol. The van der Waals surface area contributed by atoms with Crippen molar-refractivity contribution in [2.24, 2.45) is 0 Å². The third-order valence-electron chi connectivity index (χ3n) is 4.89. The minimum atomic E-state index is -0.477. The third kappa shape index (κ3) is 6.58. The lowest BCUT2D eigenvalue weighted by atomic mass is 10.1. The van der Waals surface area contributed by atoms with E-state index < -0.39 is 5.82 Å². The van der Waals surface area contributed by atoms with Crippen molar-refractivity contribution in [3.8, 4) is 0 Å². The average Bonchev–Trinajstić information content (AvgIpc) is 3.25. The molecule has 1 heterocycles. The second-order valence-corrected chi connectivity index (χ2v) is 8.24. The van der Waals surface area contributed by atoms with E-state index in [1.807, 2.05) is 51.0 Å². The van der Waals surface area contributed by atoms with Gasteiger partial charge in [-0.05, 0) is 67.9 Å². The Morgan fingerprint density at radius 3 is 2.45 bits per heavy atom. The van der Waals surface area contributed by atoms with Crippen LogP contribution < -0.4 is 15.5 Å². The van der Waals surface area contributed by atoms with Crippen molar-refractivity contribution in [1.82, 2.24) is 10.2 Å². The Balaban J connectivity index is 1.93. The van der Waals surface area contributed by atoms with E-state index in [1.54, 1.807) is 29.4 Å². The van der Waals surface area contributed by atoms with Gasteiger partial charge in [0.15, 0.2) is 0 Å². The highest BCUT2D eigenvalue weighted by Gasteiger charge is 2.21. The van der Waals surface area contributed by atoms with Gasteiger partial charge in [-0.2, -0.15) is 0 Å². The highest BCUT2D eigenvalue weighted by molar-refractivity contribution is 5.94. The van der Waals surface area contributed by atoms with Crippen LogP contribution in [0.3, 0.4) is 0 Å². The number of halogens is 1. The smallest absolute Gasteiger partial charge is 0.319 e. The Bertz CT molecular complexity index is 1100. The number of benzene rings is 2. The van der Waals surface area contributed by atoms with E-state index in [1.165, 1.54) is 18.2 Å². The SMILES string of the molecule is CC(C)NC(=O)Nc1ccc(N(C)C)c(CN(Cc2ccco2)C(=O)c2cccc(F)c2)c1. The van der Waals surface area contributed by atoms with Crippen molar-refractivity contribution in [2.45, 2.75) is 33.0 Å². The number of nitrogens with one attached hydrogen (secondary N) is 2. The summed E-state index contributed by atoms with van der Waals surface area (Å²) < 4.78 is 19.2. The lowest BCUT2D eigenvalue weighted by Crippen LogP contribution is -2.34. The molecule has 7 nitrogen and oxygen atoms in total. The number of anilines is 2. The fraction of sp³-hybridized carbons (Fsp3) is 0.280. The number of furan rings is 1. The van der Waals surface area contributed by atoms with Crippen LogP contribution in [-0.4, -0.2) is 37.0 Å². The van der Waals surface area contributed by atoms with Crippen molar-refractivity contribution in [3.05, 3.63) is 83.6 Å². The quantitative estimate of drug-likeness (QED) is 0.512. The van der Waals surface area contributed by atoms with E-state index in [0.29, 0.717) is 11.4 Å². The summed E-state index contributed by atoms with van der Waals surface area (Å²) in [5.41, 5.74) is 2.56. The molecule has 3 amide bonds. The third-order valence-corrected chi connectivity index (χ3v) is 4.89. The number of nitrogens with zero attached hydrogens (tertiary/aromatic N) is 2. The molecule has 0 fully saturated rings. The van der Waals surface area contributed by atoms with Gasteiger partial charge in [-0.25, -0.2) is 9.18 Å². The molecule has 0 radical (unpaired) electrons. The molecule has 174 valence electrons. The van der Waals surface area contributed by atoms with Crippen molar-refractivity contribution in [1.29, 1.82) is 0 Å². The second kappa shape index (κ2) is 10.7. The van der Waals surface area contributed by atoms with Crippen LogP contribution in [0.5, 0.6) is 0 Å². The molecule has 1 aromatic heterocycles. The van der Waals surface area contributed by atoms with Crippen LogP contribution in [0.4, 0.5) is 20.6 Å². The van der Waals surface area contributed by atoms with Crippen molar-refractivity contribution < 1.29 is 18.4 Å². The lowest BCUT2D eigenvalue weighted by Gasteiger charge is -2.26. The minimum Gasteiger partial charge on any atom is -0.467 e. The summed E-state index contributed by atoms with van der Waals surface area (Å²) in [6.07, 6.45) is 1.54. The average molecular weight is 453 g/mol. The molecule has 8 heteroatoms. The zero-order valence-electron chi connectivity index (χ0n) is 19.3. The van der Waals surface area contributed by atoms with E-state index >= 15 is 0 Å². The fourth-order valence-electron chi connectivity index (χ4n) is 3.46. The molecule has 0 saturated heterocycles. The summed E-state index contributed by atoms with van der Waals surface area (Å²) in [4.78, 5) is 29.0. The zero-order valence-corrected chi connectivity index (χ0v) is 19.3. The number of carbonyl (C=O) groups excluding carboxylic acids is 2. The first-order valence-corrected chi connectivity index (χ1v) is 10.7. The molecule has 0 saturated carbocycles. The van der Waals surface area contributed by atoms with Crippen LogP contribution in [0, 0.1) is 5.82 Å². The molecule has 0 aliphatic rings. The summed E-state index contributed by atoms with van der Waals surface area (Å²) >= 11 is 0. The molecule has 0 unspecified atom stereocenters. The Morgan fingerprint density at radius 2 is 1.82 bits per heavy atom. The first-order chi connectivity index (χ1) is 15.7. The molecule has 0 atom stereocenters. The number of rotatable bonds is 8. The number of hydrogen-bond acceptors (Lipinski definition) is 4. The van der Waals surface area contributed by atoms with Gasteiger partial charge in [0.2, 0.25) is 0 Å². The van der Waals surface area contributed by atoms with Crippen LogP contribution >= 0.6 is 0 Å². The van der Waals surface area contributed by atoms with E-state index in [4.69, 9.17) is 4.42 Å². The van der Waals surface area contributed by atoms with Gasteiger partial charge in [-0.15, -0.1) is 0 Å². The maximum absolute atomic E-state index is 13.8. The Kier molecular flexibility index (Phi) is 7.71. The minimum absolute atomic E-state index is 0.00167. The van der Waals surface area contributed by atoms with Crippen LogP contribution in [0.2, 0.25) is 0 Å². The molecule has 0 bridgehead atoms. The van der Waals surface area contributed by atoms with Gasteiger partial charge in [0, 0.05) is 43.6 Å². The molecule has 3 rings (SSSR count). The molecule has 3 aromatic rings. The summed E-state index contributed by atoms with van der Waals surface area (Å²) in [5.74, 6) is -0.196. The van der Waals surface area contributed by atoms with Crippen LogP contribution in [0.25, 0.3) is 0 Å². The van der Waals surface area contributed by atoms with Gasteiger partial charge < -0.3 is 24.9 Å². The van der Waals surface area contributed by atoms with E-state index in [2.05, 4.69) is 10.6 Å². The molecule has 2 N–H and O–H groups in total. The maximum Gasteiger partial charge on any atom is 0.319 e. The highest BCUT2D eigenvalue weighted by Crippen LogP contribution is 2.26. The normalized spacial score (nSPS) is 10.7. The molecule has 33 heavy (non-hydrogen) atoms. The topological polar surface area (TPSA) is 77.8 Å². The largest absolute Gasteiger partial charge is 0.467 e. The molecule has 0 aliphatic carbocycles. The second-order valence-electron chi connectivity index (χ2n) is 8.24. The molecule has 0 spiro atoms. The Hall–Kier alpha value is -3.81. The van der Waals surface area contributed by atoms with Crippen molar-refractivity contribution >= 4 is 23.3 Å². The molecule has 0 aliphatic heterocycles. The van der Waals surface area contributed by atoms with E-state index in [0.717, 1.165) is 11.3 Å². The van der Waals surface area contributed by atoms with Gasteiger partial charge in [0.1, 0.15) is 11.6 Å². The van der Waals surface area contributed by atoms with E-state index in [9.17, 15) is 14.0 Å². The molecule has 2 aromatic carbocycles. The predicted molar refractivity (Wildman–Crippen MR) is 127 cm³/mol. The standard InChI is InChI=1S/C25H29FN4O3/c1-17(2)27-25(32)28-21-10-11-23(29(3)4)19(14-21)15-30(16-22-9-6-12-33-22)24(31)18-7-5-8-20(26)13-18/h5-14,17H,15-16H2,1-4H3,(H2,27,28,32). The van der Waals surface area contributed by atoms with Crippen LogP contribution in [0.1, 0.15) is 35.5 Å². The van der Waals surface area contributed by atoms with Gasteiger partial charge in [0.05, 0.1) is 12.8 Å². The van der Waals surface area contributed by atoms with Crippen LogP contribution in [-0.2, 0) is 13.1 Å². The summed E-state index contributed by atoms with van der Waals surface area (Å²) in [7, 11) is 3.81. The first-order valence-electron chi connectivity index (χ1n) is 10.7. The van der Waals surface area contributed by atoms with Gasteiger partial charge in [-0.1, -0.05) is 6.07 Å². The number of urea groups is 1. The number of carbonyl (C=O) groups is 2. The lowest BCUT2D eigenvalue weighted by molar-refractivity contribution is 0.0717. The van der Waals surface area contributed by atoms with Gasteiger partial charge in [0.25, 0.3) is 5.91 Å². The van der Waals surface area contributed by atoms with Crippen molar-refractivity contribution in [2.75, 3.05) is 24.3 Å². The molecular formula is C25H29FN4O3. The highest BCUT2D eigenvalue weighted by atomic mass is 19.1. The van der Waals surface area contributed by atoms with E-state index in [-0.39, 0.29) is 36.6 Å². The Morgan fingerprint density at radius 1 is 1.03 bits per heavy atom. The zero-order chi connectivity index (χ0) is 24.0. The van der Waals surface area contributed by atoms with Crippen molar-refractivity contribution in [3.63, 3.8) is 0 Å². The Labute approximate surface area is 193 Å².